The molecule has 1 aliphatic heterocycles. The van der Waals surface area contributed by atoms with Crippen LogP contribution in [0, 0.1) is 12.7 Å². The molecule has 1 aliphatic rings. The van der Waals surface area contributed by atoms with Crippen LogP contribution < -0.4 is 10.1 Å². The largest absolute Gasteiger partial charge is 0.494 e. The Hall–Kier alpha value is -3.39. The first-order chi connectivity index (χ1) is 15.5. The minimum atomic E-state index is -0.348. The summed E-state index contributed by atoms with van der Waals surface area (Å²) < 4.78 is 22.9. The Labute approximate surface area is 189 Å². The summed E-state index contributed by atoms with van der Waals surface area (Å²) in [6, 6.07) is 10.3. The fourth-order valence-electron chi connectivity index (χ4n) is 4.20. The quantitative estimate of drug-likeness (QED) is 0.448. The van der Waals surface area contributed by atoms with Gasteiger partial charge in [-0.1, -0.05) is 22.9 Å². The van der Waals surface area contributed by atoms with E-state index >= 15 is 0 Å². The lowest BCUT2D eigenvalue weighted by molar-refractivity contribution is 0.409. The molecule has 0 bridgehead atoms. The Morgan fingerprint density at radius 1 is 1.22 bits per heavy atom. The Balaban J connectivity index is 1.44. The van der Waals surface area contributed by atoms with Crippen molar-refractivity contribution in [1.29, 1.82) is 0 Å². The number of nitrogens with one attached hydrogen (secondary N) is 1. The molecule has 3 heterocycles. The predicted molar refractivity (Wildman–Crippen MR) is 121 cm³/mol. The summed E-state index contributed by atoms with van der Waals surface area (Å²) in [6.07, 6.45) is 6.38. The summed E-state index contributed by atoms with van der Waals surface area (Å²) >= 11 is 6.33. The first-order valence-corrected chi connectivity index (χ1v) is 10.8. The van der Waals surface area contributed by atoms with Crippen LogP contribution in [0.4, 0.5) is 15.9 Å². The van der Waals surface area contributed by atoms with Crippen LogP contribution in [0.15, 0.2) is 48.9 Å². The average molecular weight is 453 g/mol. The van der Waals surface area contributed by atoms with Crippen LogP contribution in [0.3, 0.4) is 0 Å². The van der Waals surface area contributed by atoms with Gasteiger partial charge in [0.15, 0.2) is 5.82 Å². The van der Waals surface area contributed by atoms with Gasteiger partial charge >= 0.3 is 0 Å². The fourth-order valence-corrected chi connectivity index (χ4v) is 4.49. The highest BCUT2D eigenvalue weighted by molar-refractivity contribution is 6.31. The van der Waals surface area contributed by atoms with E-state index in [9.17, 15) is 4.39 Å². The summed E-state index contributed by atoms with van der Waals surface area (Å²) in [5.41, 5.74) is 4.52. The van der Waals surface area contributed by atoms with Crippen LogP contribution in [-0.4, -0.2) is 31.7 Å². The third-order valence-corrected chi connectivity index (χ3v) is 6.06. The smallest absolute Gasteiger partial charge is 0.176 e. The Morgan fingerprint density at radius 2 is 2.09 bits per heavy atom. The standard InChI is InChI=1S/C23H22ClFN6O/c1-14-12-30(13-26-14)20-9-7-16(11-22(20)32-2)27-23-21-5-3-4-19(31(21)29-28-23)17-8-6-15(25)10-18(17)24/h6-13,19,27H,3-5H2,1-2H3. The van der Waals surface area contributed by atoms with Gasteiger partial charge in [0.25, 0.3) is 0 Å². The van der Waals surface area contributed by atoms with Crippen molar-refractivity contribution >= 4 is 23.1 Å². The maximum absolute atomic E-state index is 13.5. The summed E-state index contributed by atoms with van der Waals surface area (Å²) in [5, 5.41) is 12.6. The van der Waals surface area contributed by atoms with E-state index in [2.05, 4.69) is 20.6 Å². The van der Waals surface area contributed by atoms with Crippen LogP contribution in [-0.2, 0) is 6.42 Å². The van der Waals surface area contributed by atoms with E-state index in [4.69, 9.17) is 16.3 Å². The minimum Gasteiger partial charge on any atom is -0.494 e. The first kappa shape index (κ1) is 20.5. The van der Waals surface area contributed by atoms with E-state index in [1.807, 2.05) is 40.6 Å². The molecule has 0 saturated carbocycles. The van der Waals surface area contributed by atoms with Crippen molar-refractivity contribution in [2.24, 2.45) is 0 Å². The number of anilines is 2. The van der Waals surface area contributed by atoms with Gasteiger partial charge in [-0.3, -0.25) is 0 Å². The summed E-state index contributed by atoms with van der Waals surface area (Å²) in [7, 11) is 1.64. The van der Waals surface area contributed by atoms with Crippen molar-refractivity contribution in [1.82, 2.24) is 24.5 Å². The molecule has 7 nitrogen and oxygen atoms in total. The number of methoxy groups -OCH3 is 1. The van der Waals surface area contributed by atoms with Gasteiger partial charge in [0.2, 0.25) is 0 Å². The van der Waals surface area contributed by atoms with E-state index < -0.39 is 0 Å². The molecule has 9 heteroatoms. The number of halogens is 2. The molecular weight excluding hydrogens is 431 g/mol. The van der Waals surface area contributed by atoms with Gasteiger partial charge in [-0.05, 0) is 56.0 Å². The van der Waals surface area contributed by atoms with Crippen LogP contribution in [0.2, 0.25) is 5.02 Å². The van der Waals surface area contributed by atoms with Crippen molar-refractivity contribution in [3.8, 4) is 11.4 Å². The van der Waals surface area contributed by atoms with Crippen molar-refractivity contribution < 1.29 is 9.13 Å². The Bertz CT molecular complexity index is 1280. The third kappa shape index (κ3) is 3.71. The van der Waals surface area contributed by atoms with Crippen LogP contribution in [0.1, 0.15) is 35.8 Å². The lowest BCUT2D eigenvalue weighted by Gasteiger charge is -2.25. The zero-order chi connectivity index (χ0) is 22.2. The van der Waals surface area contributed by atoms with Gasteiger partial charge in [-0.2, -0.15) is 0 Å². The molecule has 2 aromatic carbocycles. The molecule has 1 N–H and O–H groups in total. The number of ether oxygens (including phenoxy) is 1. The van der Waals surface area contributed by atoms with E-state index in [0.29, 0.717) is 16.6 Å². The third-order valence-electron chi connectivity index (χ3n) is 5.73. The molecule has 0 aliphatic carbocycles. The van der Waals surface area contributed by atoms with Crippen molar-refractivity contribution in [3.05, 3.63) is 76.7 Å². The molecule has 4 aromatic rings. The topological polar surface area (TPSA) is 69.8 Å². The molecule has 1 unspecified atom stereocenters. The molecule has 1 atom stereocenters. The number of benzene rings is 2. The number of rotatable bonds is 5. The van der Waals surface area contributed by atoms with Gasteiger partial charge in [0, 0.05) is 23.0 Å². The van der Waals surface area contributed by atoms with Crippen LogP contribution in [0.25, 0.3) is 5.69 Å². The van der Waals surface area contributed by atoms with E-state index in [-0.39, 0.29) is 11.9 Å². The van der Waals surface area contributed by atoms with Gasteiger partial charge in [-0.15, -0.1) is 5.10 Å². The molecule has 0 fully saturated rings. The van der Waals surface area contributed by atoms with Crippen molar-refractivity contribution in [3.63, 3.8) is 0 Å². The number of aromatic nitrogens is 5. The molecule has 164 valence electrons. The highest BCUT2D eigenvalue weighted by Crippen LogP contribution is 2.37. The van der Waals surface area contributed by atoms with Gasteiger partial charge in [0.1, 0.15) is 11.6 Å². The molecule has 2 aromatic heterocycles. The maximum atomic E-state index is 13.5. The number of nitrogens with zero attached hydrogens (tertiary/aromatic N) is 5. The molecule has 0 amide bonds. The average Bonchev–Trinajstić information content (AvgIpc) is 3.40. The van der Waals surface area contributed by atoms with Crippen molar-refractivity contribution in [2.45, 2.75) is 32.2 Å². The summed E-state index contributed by atoms with van der Waals surface area (Å²) in [6.45, 7) is 1.94. The molecule has 0 spiro atoms. The lowest BCUT2D eigenvalue weighted by atomic mass is 9.96. The maximum Gasteiger partial charge on any atom is 0.176 e. The van der Waals surface area contributed by atoms with E-state index in [0.717, 1.165) is 47.6 Å². The van der Waals surface area contributed by atoms with Gasteiger partial charge < -0.3 is 14.6 Å². The minimum absolute atomic E-state index is 0.0729. The molecule has 0 radical (unpaired) electrons. The number of hydrogen-bond donors (Lipinski definition) is 1. The normalized spacial score (nSPS) is 15.4. The number of hydrogen-bond acceptors (Lipinski definition) is 5. The number of aryl methyl sites for hydroxylation is 1. The SMILES string of the molecule is COc1cc(Nc2nnn3c2CCCC3c2ccc(F)cc2Cl)ccc1-n1cnc(C)c1. The van der Waals surface area contributed by atoms with Crippen molar-refractivity contribution in [2.75, 3.05) is 12.4 Å². The molecule has 0 saturated heterocycles. The van der Waals surface area contributed by atoms with Gasteiger partial charge in [-0.25, -0.2) is 14.1 Å². The zero-order valence-corrected chi connectivity index (χ0v) is 18.5. The summed E-state index contributed by atoms with van der Waals surface area (Å²) in [5.74, 6) is 1.06. The zero-order valence-electron chi connectivity index (χ0n) is 17.7. The van der Waals surface area contributed by atoms with E-state index in [1.165, 1.54) is 12.1 Å². The first-order valence-electron chi connectivity index (χ1n) is 10.4. The molecular formula is C23H22ClFN6O. The lowest BCUT2D eigenvalue weighted by Crippen LogP contribution is -2.20. The van der Waals surface area contributed by atoms with E-state index in [1.54, 1.807) is 19.5 Å². The second kappa shape index (κ2) is 8.27. The fraction of sp³-hybridized carbons (Fsp3) is 0.261. The van der Waals surface area contributed by atoms with Crippen LogP contribution in [0.5, 0.6) is 5.75 Å². The van der Waals surface area contributed by atoms with Gasteiger partial charge in [0.05, 0.1) is 36.6 Å². The Kier molecular flexibility index (Phi) is 5.30. The highest BCUT2D eigenvalue weighted by Gasteiger charge is 2.27. The van der Waals surface area contributed by atoms with Crippen LogP contribution >= 0.6 is 11.6 Å². The second-order valence-corrected chi connectivity index (χ2v) is 8.24. The molecule has 5 rings (SSSR count). The predicted octanol–water partition coefficient (Wildman–Crippen LogP) is 5.24. The highest BCUT2D eigenvalue weighted by atomic mass is 35.5. The number of imidazole rings is 1. The second-order valence-electron chi connectivity index (χ2n) is 7.84. The number of fused-ring (bicyclic) bond motifs is 1. The Morgan fingerprint density at radius 3 is 2.84 bits per heavy atom. The monoisotopic (exact) mass is 452 g/mol. The molecule has 32 heavy (non-hydrogen) atoms. The summed E-state index contributed by atoms with van der Waals surface area (Å²) in [4.78, 5) is 4.28.